The van der Waals surface area contributed by atoms with Gasteiger partial charge in [0.25, 0.3) is 5.56 Å². The number of rotatable bonds is 0. The molecule has 0 fully saturated rings. The largest absolute Gasteiger partial charge is 0.332 e. The van der Waals surface area contributed by atoms with E-state index in [4.69, 9.17) is 0 Å². The summed E-state index contributed by atoms with van der Waals surface area (Å²) in [4.78, 5) is 32.6. The first-order valence-corrected chi connectivity index (χ1v) is 5.83. The third-order valence-electron chi connectivity index (χ3n) is 3.20. The van der Waals surface area contributed by atoms with Crippen molar-refractivity contribution >= 4 is 22.2 Å². The van der Waals surface area contributed by atoms with Gasteiger partial charge in [-0.05, 0) is 24.6 Å². The molecule has 0 radical (unpaired) electrons. The van der Waals surface area contributed by atoms with Crippen molar-refractivity contribution in [3.8, 4) is 0 Å². The second kappa shape index (κ2) is 3.74. The number of benzene rings is 1. The van der Waals surface area contributed by atoms with Crippen LogP contribution in [0.4, 0.5) is 0 Å². The third kappa shape index (κ3) is 1.56. The average molecular weight is 256 g/mol. The van der Waals surface area contributed by atoms with Crippen LogP contribution < -0.4 is 11.2 Å². The molecule has 3 rings (SSSR count). The van der Waals surface area contributed by atoms with Crippen molar-refractivity contribution in [2.45, 2.75) is 6.92 Å². The van der Waals surface area contributed by atoms with Crippen LogP contribution in [-0.2, 0) is 14.1 Å². The van der Waals surface area contributed by atoms with Crippen molar-refractivity contribution < 1.29 is 0 Å². The topological polar surface area (TPSA) is 69.8 Å². The van der Waals surface area contributed by atoms with E-state index in [1.54, 1.807) is 7.05 Å². The zero-order chi connectivity index (χ0) is 13.7. The summed E-state index contributed by atoms with van der Waals surface area (Å²) in [6.07, 6.45) is 0. The van der Waals surface area contributed by atoms with Crippen LogP contribution >= 0.6 is 0 Å². The van der Waals surface area contributed by atoms with Gasteiger partial charge in [0, 0.05) is 14.1 Å². The minimum atomic E-state index is -0.422. The molecule has 0 aliphatic rings. The molecule has 96 valence electrons. The molecule has 0 aliphatic carbocycles. The molecule has 19 heavy (non-hydrogen) atoms. The minimum Gasteiger partial charge on any atom is -0.279 e. The van der Waals surface area contributed by atoms with E-state index in [9.17, 15) is 9.59 Å². The second-order valence-corrected chi connectivity index (χ2v) is 4.59. The smallest absolute Gasteiger partial charge is 0.279 e. The van der Waals surface area contributed by atoms with Crippen molar-refractivity contribution in [2.24, 2.45) is 14.1 Å². The highest BCUT2D eigenvalue weighted by Gasteiger charge is 2.12. The standard InChI is InChI=1S/C13H12N4O2/c1-7-4-5-8-9(6-7)14-10-11(15-8)16(2)13(19)17(3)12(10)18/h4-6H,1-3H3. The van der Waals surface area contributed by atoms with Gasteiger partial charge in [0.05, 0.1) is 11.0 Å². The average Bonchev–Trinajstić information content (AvgIpc) is 2.41. The van der Waals surface area contributed by atoms with Crippen molar-refractivity contribution in [1.29, 1.82) is 0 Å². The Morgan fingerprint density at radius 2 is 1.74 bits per heavy atom. The van der Waals surface area contributed by atoms with Gasteiger partial charge in [-0.15, -0.1) is 0 Å². The molecule has 3 aromatic rings. The molecular formula is C13H12N4O2. The lowest BCUT2D eigenvalue weighted by atomic mass is 10.2. The first-order valence-electron chi connectivity index (χ1n) is 5.83. The molecule has 0 bridgehead atoms. The summed E-state index contributed by atoms with van der Waals surface area (Å²) in [6.45, 7) is 1.95. The van der Waals surface area contributed by atoms with Crippen molar-refractivity contribution in [1.82, 2.24) is 19.1 Å². The van der Waals surface area contributed by atoms with Gasteiger partial charge in [-0.3, -0.25) is 13.9 Å². The van der Waals surface area contributed by atoms with E-state index in [1.165, 1.54) is 11.6 Å². The van der Waals surface area contributed by atoms with Gasteiger partial charge in [-0.25, -0.2) is 14.8 Å². The maximum absolute atomic E-state index is 12.1. The van der Waals surface area contributed by atoms with E-state index in [0.29, 0.717) is 16.7 Å². The molecule has 0 aliphatic heterocycles. The molecule has 0 saturated carbocycles. The van der Waals surface area contributed by atoms with Gasteiger partial charge in [0.15, 0.2) is 11.2 Å². The van der Waals surface area contributed by atoms with Crippen LogP contribution in [0.15, 0.2) is 27.8 Å². The molecule has 0 amide bonds. The minimum absolute atomic E-state index is 0.211. The molecular weight excluding hydrogens is 244 g/mol. The maximum Gasteiger partial charge on any atom is 0.332 e. The number of aromatic nitrogens is 4. The Labute approximate surface area is 108 Å². The van der Waals surface area contributed by atoms with E-state index in [2.05, 4.69) is 9.97 Å². The van der Waals surface area contributed by atoms with Crippen LogP contribution in [0, 0.1) is 6.92 Å². The SMILES string of the molecule is Cc1ccc2nc3c(nc2c1)c(=O)n(C)c(=O)n3C. The molecule has 2 heterocycles. The van der Waals surface area contributed by atoms with Crippen molar-refractivity contribution in [3.05, 3.63) is 44.6 Å². The quantitative estimate of drug-likeness (QED) is 0.549. The van der Waals surface area contributed by atoms with Gasteiger partial charge in [-0.1, -0.05) is 6.07 Å². The lowest BCUT2D eigenvalue weighted by molar-refractivity contribution is 0.706. The summed E-state index contributed by atoms with van der Waals surface area (Å²) in [5, 5.41) is 0. The third-order valence-corrected chi connectivity index (χ3v) is 3.20. The first kappa shape index (κ1) is 11.6. The molecule has 0 spiro atoms. The molecule has 6 heteroatoms. The fourth-order valence-corrected chi connectivity index (χ4v) is 2.09. The van der Waals surface area contributed by atoms with E-state index >= 15 is 0 Å². The number of hydrogen-bond acceptors (Lipinski definition) is 4. The fraction of sp³-hybridized carbons (Fsp3) is 0.231. The lowest BCUT2D eigenvalue weighted by Gasteiger charge is -2.07. The van der Waals surface area contributed by atoms with E-state index < -0.39 is 11.2 Å². The number of aryl methyl sites for hydroxylation is 2. The monoisotopic (exact) mass is 256 g/mol. The summed E-state index contributed by atoms with van der Waals surface area (Å²) in [7, 11) is 3.02. The maximum atomic E-state index is 12.1. The van der Waals surface area contributed by atoms with Crippen molar-refractivity contribution in [3.63, 3.8) is 0 Å². The van der Waals surface area contributed by atoms with Gasteiger partial charge in [0.1, 0.15) is 0 Å². The molecule has 6 nitrogen and oxygen atoms in total. The summed E-state index contributed by atoms with van der Waals surface area (Å²) < 4.78 is 2.38. The zero-order valence-corrected chi connectivity index (χ0v) is 10.8. The zero-order valence-electron chi connectivity index (χ0n) is 10.8. The molecule has 1 aromatic carbocycles. The lowest BCUT2D eigenvalue weighted by Crippen LogP contribution is -2.37. The van der Waals surface area contributed by atoms with Gasteiger partial charge in [-0.2, -0.15) is 0 Å². The summed E-state index contributed by atoms with van der Waals surface area (Å²) in [5.41, 5.74) is 2.06. The highest BCUT2D eigenvalue weighted by molar-refractivity contribution is 5.84. The molecule has 2 aromatic heterocycles. The fourth-order valence-electron chi connectivity index (χ4n) is 2.09. The molecule has 0 atom stereocenters. The molecule has 0 N–H and O–H groups in total. The Bertz CT molecular complexity index is 937. The van der Waals surface area contributed by atoms with Crippen LogP contribution in [0.25, 0.3) is 22.2 Å². The van der Waals surface area contributed by atoms with Gasteiger partial charge < -0.3 is 0 Å². The second-order valence-electron chi connectivity index (χ2n) is 4.59. The Hall–Kier alpha value is -2.50. The normalized spacial score (nSPS) is 11.3. The summed E-state index contributed by atoms with van der Waals surface area (Å²) >= 11 is 0. The van der Waals surface area contributed by atoms with E-state index in [1.807, 2.05) is 25.1 Å². The predicted octanol–water partition coefficient (Wildman–Crippen LogP) is 0.489. The summed E-state index contributed by atoms with van der Waals surface area (Å²) in [5.74, 6) is 0. The molecule has 0 saturated heterocycles. The van der Waals surface area contributed by atoms with Crippen LogP contribution in [0.3, 0.4) is 0 Å². The first-order chi connectivity index (χ1) is 8.99. The van der Waals surface area contributed by atoms with Gasteiger partial charge in [0.2, 0.25) is 0 Å². The van der Waals surface area contributed by atoms with Gasteiger partial charge >= 0.3 is 5.69 Å². The highest BCUT2D eigenvalue weighted by Crippen LogP contribution is 2.14. The highest BCUT2D eigenvalue weighted by atomic mass is 16.2. The number of nitrogens with zero attached hydrogens (tertiary/aromatic N) is 4. The van der Waals surface area contributed by atoms with Crippen LogP contribution in [-0.4, -0.2) is 19.1 Å². The Kier molecular flexibility index (Phi) is 2.28. The Balaban J connectivity index is 2.63. The van der Waals surface area contributed by atoms with E-state index in [-0.39, 0.29) is 5.52 Å². The van der Waals surface area contributed by atoms with Crippen LogP contribution in [0.5, 0.6) is 0 Å². The summed E-state index contributed by atoms with van der Waals surface area (Å²) in [6, 6.07) is 5.62. The van der Waals surface area contributed by atoms with Crippen molar-refractivity contribution in [2.75, 3.05) is 0 Å². The predicted molar refractivity (Wildman–Crippen MR) is 72.3 cm³/mol. The Morgan fingerprint density at radius 3 is 2.47 bits per heavy atom. The van der Waals surface area contributed by atoms with E-state index in [0.717, 1.165) is 10.1 Å². The molecule has 0 unspecified atom stereocenters. The van der Waals surface area contributed by atoms with Crippen LogP contribution in [0.1, 0.15) is 5.56 Å². The number of fused-ring (bicyclic) bond motifs is 2. The Morgan fingerprint density at radius 1 is 1.00 bits per heavy atom. The number of hydrogen-bond donors (Lipinski definition) is 0. The van der Waals surface area contributed by atoms with Crippen LogP contribution in [0.2, 0.25) is 0 Å².